The van der Waals surface area contributed by atoms with Crippen molar-refractivity contribution < 1.29 is 4.79 Å². The summed E-state index contributed by atoms with van der Waals surface area (Å²) in [5.41, 5.74) is 4.64. The van der Waals surface area contributed by atoms with Gasteiger partial charge in [-0.25, -0.2) is 5.43 Å². The molecule has 0 aliphatic heterocycles. The number of thiophene rings is 2. The summed E-state index contributed by atoms with van der Waals surface area (Å²) in [5.74, 6) is -0.267. The molecular weight excluding hydrogens is 348 g/mol. The molecule has 0 saturated heterocycles. The smallest absolute Gasteiger partial charge is 0.266 e. The van der Waals surface area contributed by atoms with Gasteiger partial charge in [0.15, 0.2) is 0 Å². The summed E-state index contributed by atoms with van der Waals surface area (Å²) in [6, 6.07) is 9.95. The molecule has 0 bridgehead atoms. The molecule has 0 saturated carbocycles. The van der Waals surface area contributed by atoms with E-state index >= 15 is 0 Å². The van der Waals surface area contributed by atoms with E-state index in [2.05, 4.69) is 10.5 Å². The van der Waals surface area contributed by atoms with E-state index in [4.69, 9.17) is 11.6 Å². The average Bonchev–Trinajstić information content (AvgIpc) is 3.16. The molecule has 0 radical (unpaired) electrons. The highest BCUT2D eigenvalue weighted by atomic mass is 35.5. The minimum atomic E-state index is -0.267. The lowest BCUT2D eigenvalue weighted by Gasteiger charge is -2.02. The molecule has 0 spiro atoms. The van der Waals surface area contributed by atoms with Crippen molar-refractivity contribution in [3.05, 3.63) is 56.1 Å². The Morgan fingerprint density at radius 1 is 1.35 bits per heavy atom. The van der Waals surface area contributed by atoms with E-state index in [0.717, 1.165) is 32.7 Å². The van der Waals surface area contributed by atoms with Crippen LogP contribution >= 0.6 is 34.3 Å². The van der Waals surface area contributed by atoms with Crippen LogP contribution in [0.5, 0.6) is 0 Å². The van der Waals surface area contributed by atoms with Crippen molar-refractivity contribution in [1.82, 2.24) is 5.43 Å². The van der Waals surface area contributed by atoms with Crippen LogP contribution in [0.25, 0.3) is 10.1 Å². The molecule has 1 aromatic carbocycles. The molecule has 3 rings (SSSR count). The first-order chi connectivity index (χ1) is 11.1. The van der Waals surface area contributed by atoms with Gasteiger partial charge in [0, 0.05) is 10.1 Å². The standard InChI is InChI=1S/C17H15ClN2OS2/c1-3-12(13-5-4-8-22-13)19-20-17(21)16-15(18)11-7-6-10(2)9-14(11)23-16/h4-9H,3H2,1-2H3,(H,20,21). The van der Waals surface area contributed by atoms with Crippen LogP contribution in [0.1, 0.15) is 33.5 Å². The van der Waals surface area contributed by atoms with Crippen molar-refractivity contribution >= 4 is 56.0 Å². The normalized spacial score (nSPS) is 11.9. The van der Waals surface area contributed by atoms with Gasteiger partial charge < -0.3 is 0 Å². The summed E-state index contributed by atoms with van der Waals surface area (Å²) in [6.07, 6.45) is 0.750. The minimum Gasteiger partial charge on any atom is -0.266 e. The number of hydrazone groups is 1. The Balaban J connectivity index is 1.87. The number of hydrogen-bond acceptors (Lipinski definition) is 4. The second kappa shape index (κ2) is 6.83. The van der Waals surface area contributed by atoms with Crippen molar-refractivity contribution in [3.63, 3.8) is 0 Å². The van der Waals surface area contributed by atoms with Crippen LogP contribution in [0.2, 0.25) is 5.02 Å². The summed E-state index contributed by atoms with van der Waals surface area (Å²) < 4.78 is 1.01. The van der Waals surface area contributed by atoms with Crippen LogP contribution in [0.3, 0.4) is 0 Å². The molecule has 0 aliphatic rings. The van der Waals surface area contributed by atoms with Gasteiger partial charge in [0.2, 0.25) is 0 Å². The van der Waals surface area contributed by atoms with Crippen LogP contribution in [-0.2, 0) is 0 Å². The SMILES string of the molecule is CCC(=NNC(=O)c1sc2cc(C)ccc2c1Cl)c1cccs1. The lowest BCUT2D eigenvalue weighted by atomic mass is 10.2. The highest BCUT2D eigenvalue weighted by Crippen LogP contribution is 2.35. The second-order valence-corrected chi connectivity index (χ2v) is 7.45. The average molecular weight is 363 g/mol. The van der Waals surface area contributed by atoms with Crippen molar-refractivity contribution in [2.75, 3.05) is 0 Å². The van der Waals surface area contributed by atoms with Crippen molar-refractivity contribution in [3.8, 4) is 0 Å². The Bertz CT molecular complexity index is 882. The number of nitrogens with zero attached hydrogens (tertiary/aromatic N) is 1. The number of amides is 1. The maximum atomic E-state index is 12.4. The van der Waals surface area contributed by atoms with E-state index in [0.29, 0.717) is 9.90 Å². The first kappa shape index (κ1) is 16.2. The Hall–Kier alpha value is -1.69. The number of hydrogen-bond donors (Lipinski definition) is 1. The predicted molar refractivity (Wildman–Crippen MR) is 100 cm³/mol. The molecule has 2 heterocycles. The molecule has 0 aliphatic carbocycles. The summed E-state index contributed by atoms with van der Waals surface area (Å²) >= 11 is 9.35. The topological polar surface area (TPSA) is 41.5 Å². The summed E-state index contributed by atoms with van der Waals surface area (Å²) in [7, 11) is 0. The van der Waals surface area contributed by atoms with Crippen molar-refractivity contribution in [2.45, 2.75) is 20.3 Å². The zero-order valence-electron chi connectivity index (χ0n) is 12.7. The maximum Gasteiger partial charge on any atom is 0.283 e. The summed E-state index contributed by atoms with van der Waals surface area (Å²) in [5, 5.41) is 7.66. The fraction of sp³-hybridized carbons (Fsp3) is 0.176. The first-order valence-corrected chi connectivity index (χ1v) is 9.27. The third kappa shape index (κ3) is 3.32. The zero-order valence-corrected chi connectivity index (χ0v) is 15.1. The van der Waals surface area contributed by atoms with Crippen molar-refractivity contribution in [1.29, 1.82) is 0 Å². The third-order valence-corrected chi connectivity index (χ3v) is 6.00. The van der Waals surface area contributed by atoms with Crippen LogP contribution in [0.15, 0.2) is 40.8 Å². The largest absolute Gasteiger partial charge is 0.283 e. The number of aryl methyl sites for hydroxylation is 1. The fourth-order valence-electron chi connectivity index (χ4n) is 2.24. The molecule has 3 nitrogen and oxygen atoms in total. The van der Waals surface area contributed by atoms with E-state index in [1.807, 2.05) is 49.6 Å². The van der Waals surface area contributed by atoms with E-state index in [1.165, 1.54) is 11.3 Å². The minimum absolute atomic E-state index is 0.267. The molecule has 1 N–H and O–H groups in total. The van der Waals surface area contributed by atoms with Gasteiger partial charge in [-0.2, -0.15) is 5.10 Å². The first-order valence-electron chi connectivity index (χ1n) is 7.19. The quantitative estimate of drug-likeness (QED) is 0.485. The number of fused-ring (bicyclic) bond motifs is 1. The Morgan fingerprint density at radius 3 is 2.87 bits per heavy atom. The maximum absolute atomic E-state index is 12.4. The molecule has 2 aromatic heterocycles. The Morgan fingerprint density at radius 2 is 2.17 bits per heavy atom. The van der Waals surface area contributed by atoms with Gasteiger partial charge >= 0.3 is 0 Å². The van der Waals surface area contributed by atoms with Crippen LogP contribution in [-0.4, -0.2) is 11.6 Å². The molecule has 0 fully saturated rings. The molecule has 23 heavy (non-hydrogen) atoms. The Labute approximate surface area is 147 Å². The van der Waals surface area contributed by atoms with Crippen LogP contribution < -0.4 is 5.43 Å². The van der Waals surface area contributed by atoms with Gasteiger partial charge in [-0.05, 0) is 36.4 Å². The lowest BCUT2D eigenvalue weighted by Crippen LogP contribution is -2.19. The van der Waals surface area contributed by atoms with Crippen LogP contribution in [0.4, 0.5) is 0 Å². The van der Waals surface area contributed by atoms with Gasteiger partial charge in [-0.15, -0.1) is 22.7 Å². The van der Waals surface area contributed by atoms with Gasteiger partial charge in [0.25, 0.3) is 5.91 Å². The molecule has 0 unspecified atom stereocenters. The van der Waals surface area contributed by atoms with E-state index < -0.39 is 0 Å². The second-order valence-electron chi connectivity index (χ2n) is 5.08. The van der Waals surface area contributed by atoms with Crippen molar-refractivity contribution in [2.24, 2.45) is 5.10 Å². The van der Waals surface area contributed by atoms with Gasteiger partial charge in [0.05, 0.1) is 15.6 Å². The summed E-state index contributed by atoms with van der Waals surface area (Å²) in [6.45, 7) is 4.03. The van der Waals surface area contributed by atoms with Gasteiger partial charge in [0.1, 0.15) is 4.88 Å². The molecule has 1 amide bonds. The van der Waals surface area contributed by atoms with Gasteiger partial charge in [-0.1, -0.05) is 36.7 Å². The summed E-state index contributed by atoms with van der Waals surface area (Å²) in [4.78, 5) is 14.0. The Kier molecular flexibility index (Phi) is 4.80. The number of nitrogens with one attached hydrogen (secondary N) is 1. The monoisotopic (exact) mass is 362 g/mol. The lowest BCUT2D eigenvalue weighted by molar-refractivity contribution is 0.0959. The third-order valence-electron chi connectivity index (χ3n) is 3.42. The number of carbonyl (C=O) groups is 1. The predicted octanol–water partition coefficient (Wildman–Crippen LogP) is 5.47. The number of halogens is 1. The van der Waals surface area contributed by atoms with Gasteiger partial charge in [-0.3, -0.25) is 4.79 Å². The molecule has 118 valence electrons. The number of benzene rings is 1. The van der Waals surface area contributed by atoms with E-state index in [9.17, 15) is 4.79 Å². The molecule has 3 aromatic rings. The molecule has 6 heteroatoms. The highest BCUT2D eigenvalue weighted by molar-refractivity contribution is 7.21. The van der Waals surface area contributed by atoms with Crippen LogP contribution in [0, 0.1) is 6.92 Å². The zero-order chi connectivity index (χ0) is 16.4. The number of rotatable bonds is 4. The molecule has 0 atom stereocenters. The fourth-order valence-corrected chi connectivity index (χ4v) is 4.53. The van der Waals surface area contributed by atoms with E-state index in [-0.39, 0.29) is 5.91 Å². The van der Waals surface area contributed by atoms with E-state index in [1.54, 1.807) is 11.3 Å². The number of carbonyl (C=O) groups excluding carboxylic acids is 1. The highest BCUT2D eigenvalue weighted by Gasteiger charge is 2.17. The molecular formula is C17H15ClN2OS2.